The summed E-state index contributed by atoms with van der Waals surface area (Å²) in [6.45, 7) is 12.8. The SMILES string of the molecule is C=CCCCCCCCCCCCCCCCC.CCCCCCCCCCCCCC(=O)[O-].CCCCCCCCCCCCCC(=O)[O-].CCCCCCCCCCCCCC(=O)[O-].[In+3]. The molecule has 0 unspecified atom stereocenters. The summed E-state index contributed by atoms with van der Waals surface area (Å²) in [6.07, 6.45) is 65.6. The molecule has 0 fully saturated rings. The van der Waals surface area contributed by atoms with Crippen LogP contribution in [0.15, 0.2) is 12.7 Å². The summed E-state index contributed by atoms with van der Waals surface area (Å²) < 4.78 is 0. The first kappa shape index (κ1) is 75.0. The van der Waals surface area contributed by atoms with Gasteiger partial charge in [0.05, 0.1) is 0 Å². The number of hydrogen-bond donors (Lipinski definition) is 0. The molecule has 0 amide bonds. The average molecular weight is 1050 g/mol. The molecule has 0 bridgehead atoms. The van der Waals surface area contributed by atoms with Crippen LogP contribution in [0.2, 0.25) is 0 Å². The van der Waals surface area contributed by atoms with E-state index in [-0.39, 0.29) is 45.1 Å². The van der Waals surface area contributed by atoms with Crippen LogP contribution in [0.3, 0.4) is 0 Å². The van der Waals surface area contributed by atoms with Crippen LogP contribution in [0.5, 0.6) is 0 Å². The fraction of sp³-hybridized carbons (Fsp3) is 0.917. The number of allylic oxidation sites excluding steroid dienone is 1. The molecule has 0 atom stereocenters. The smallest absolute Gasteiger partial charge is 0.550 e. The van der Waals surface area contributed by atoms with Gasteiger partial charge in [-0.25, -0.2) is 0 Å². The molecule has 0 aromatic rings. The van der Waals surface area contributed by atoms with E-state index in [1.165, 1.54) is 270 Å². The van der Waals surface area contributed by atoms with Gasteiger partial charge in [0, 0.05) is 17.9 Å². The Morgan fingerprint density at radius 2 is 0.403 bits per heavy atom. The largest absolute Gasteiger partial charge is 3.00 e. The van der Waals surface area contributed by atoms with Gasteiger partial charge < -0.3 is 29.7 Å². The summed E-state index contributed by atoms with van der Waals surface area (Å²) in [5.74, 6) is -2.72. The molecular weight excluding hydrogens is 931 g/mol. The average Bonchev–Trinajstić information content (AvgIpc) is 3.29. The predicted octanol–water partition coefficient (Wildman–Crippen LogP) is 17.0. The van der Waals surface area contributed by atoms with Crippen molar-refractivity contribution in [3.8, 4) is 0 Å². The topological polar surface area (TPSA) is 120 Å². The molecule has 0 N–H and O–H groups in total. The maximum absolute atomic E-state index is 10.1. The molecule has 0 saturated carbocycles. The maximum atomic E-state index is 10.1. The van der Waals surface area contributed by atoms with Crippen molar-refractivity contribution in [2.45, 2.75) is 355 Å². The third-order valence-electron chi connectivity index (χ3n) is 12.7. The van der Waals surface area contributed by atoms with Crippen LogP contribution in [0, 0.1) is 0 Å². The number of rotatable bonds is 51. The minimum absolute atomic E-state index is 0. The van der Waals surface area contributed by atoms with Crippen molar-refractivity contribution in [3.63, 3.8) is 0 Å². The second-order valence-electron chi connectivity index (χ2n) is 19.6. The summed E-state index contributed by atoms with van der Waals surface area (Å²) in [4.78, 5) is 30.4. The van der Waals surface area contributed by atoms with Crippen molar-refractivity contribution in [1.29, 1.82) is 0 Å². The van der Waals surface area contributed by atoms with E-state index < -0.39 is 17.9 Å². The number of aliphatic carboxylic acids is 3. The monoisotopic (exact) mass is 1050 g/mol. The second-order valence-corrected chi connectivity index (χ2v) is 19.6. The number of hydrogen-bond acceptors (Lipinski definition) is 6. The van der Waals surface area contributed by atoms with Gasteiger partial charge in [0.15, 0.2) is 0 Å². The third-order valence-corrected chi connectivity index (χ3v) is 12.7. The molecule has 396 valence electrons. The van der Waals surface area contributed by atoms with Crippen LogP contribution < -0.4 is 15.3 Å². The molecule has 0 aromatic heterocycles. The Labute approximate surface area is 438 Å². The Bertz CT molecular complexity index is 825. The Morgan fingerprint density at radius 1 is 0.269 bits per heavy atom. The first-order chi connectivity index (χ1) is 32.2. The molecule has 0 spiro atoms. The van der Waals surface area contributed by atoms with Gasteiger partial charge in [-0.15, -0.1) is 6.58 Å². The van der Waals surface area contributed by atoms with Gasteiger partial charge in [-0.2, -0.15) is 0 Å². The van der Waals surface area contributed by atoms with Crippen LogP contribution in [-0.2, 0) is 14.4 Å². The van der Waals surface area contributed by atoms with Gasteiger partial charge in [0.1, 0.15) is 0 Å². The molecule has 0 rings (SSSR count). The Morgan fingerprint density at radius 3 is 0.537 bits per heavy atom. The number of carbonyl (C=O) groups excluding carboxylic acids is 3. The Balaban J connectivity index is -0.000000254. The normalized spacial score (nSPS) is 10.4. The molecule has 7 heteroatoms. The van der Waals surface area contributed by atoms with E-state index in [2.05, 4.69) is 34.3 Å². The van der Waals surface area contributed by atoms with E-state index >= 15 is 0 Å². The van der Waals surface area contributed by atoms with Crippen LogP contribution in [-0.4, -0.2) is 43.8 Å². The first-order valence-corrected chi connectivity index (χ1v) is 29.4. The molecule has 0 radical (unpaired) electrons. The molecule has 67 heavy (non-hydrogen) atoms. The Kier molecular flexibility index (Phi) is 82.8. The van der Waals surface area contributed by atoms with E-state index in [1.54, 1.807) is 0 Å². The zero-order valence-electron chi connectivity index (χ0n) is 45.9. The van der Waals surface area contributed by atoms with Crippen molar-refractivity contribution in [3.05, 3.63) is 12.7 Å². The summed E-state index contributed by atoms with van der Waals surface area (Å²) in [5.41, 5.74) is 0. The van der Waals surface area contributed by atoms with E-state index in [0.717, 1.165) is 38.5 Å². The van der Waals surface area contributed by atoms with Crippen LogP contribution in [0.4, 0.5) is 0 Å². The minimum Gasteiger partial charge on any atom is -0.550 e. The first-order valence-electron chi connectivity index (χ1n) is 29.4. The van der Waals surface area contributed by atoms with Crippen molar-refractivity contribution < 1.29 is 29.7 Å². The molecule has 0 heterocycles. The molecule has 0 aliphatic rings. The van der Waals surface area contributed by atoms with Crippen LogP contribution >= 0.6 is 0 Å². The van der Waals surface area contributed by atoms with Gasteiger partial charge in [-0.3, -0.25) is 0 Å². The Hall–Kier alpha value is -0.980. The molecule has 0 saturated heterocycles. The van der Waals surface area contributed by atoms with E-state index in [9.17, 15) is 29.7 Å². The second kappa shape index (κ2) is 74.0. The van der Waals surface area contributed by atoms with Crippen molar-refractivity contribution in [2.24, 2.45) is 0 Å². The van der Waals surface area contributed by atoms with E-state index in [1.807, 2.05) is 6.08 Å². The van der Waals surface area contributed by atoms with E-state index in [4.69, 9.17) is 0 Å². The molecule has 0 aliphatic heterocycles. The minimum atomic E-state index is -0.907. The predicted molar refractivity (Wildman–Crippen MR) is 289 cm³/mol. The quantitative estimate of drug-likeness (QED) is 0.0442. The molecule has 6 nitrogen and oxygen atoms in total. The van der Waals surface area contributed by atoms with Crippen LogP contribution in [0.1, 0.15) is 355 Å². The van der Waals surface area contributed by atoms with Gasteiger partial charge in [-0.05, 0) is 51.4 Å². The molecule has 0 aromatic carbocycles. The van der Waals surface area contributed by atoms with Crippen molar-refractivity contribution in [1.82, 2.24) is 0 Å². The van der Waals surface area contributed by atoms with Gasteiger partial charge in [0.25, 0.3) is 0 Å². The third kappa shape index (κ3) is 91.9. The summed E-state index contributed by atoms with van der Waals surface area (Å²) in [7, 11) is 0. The van der Waals surface area contributed by atoms with Gasteiger partial charge >= 0.3 is 25.8 Å². The summed E-state index contributed by atoms with van der Waals surface area (Å²) in [5, 5.41) is 30.4. The number of unbranched alkanes of at least 4 members (excludes halogenated alkanes) is 44. The maximum Gasteiger partial charge on any atom is 3.00 e. The number of carbonyl (C=O) groups is 3. The summed E-state index contributed by atoms with van der Waals surface area (Å²) in [6, 6.07) is 0. The molecular formula is C60H117InO6. The van der Waals surface area contributed by atoms with Gasteiger partial charge in [-0.1, -0.05) is 310 Å². The van der Waals surface area contributed by atoms with Crippen molar-refractivity contribution in [2.75, 3.05) is 0 Å². The van der Waals surface area contributed by atoms with Crippen LogP contribution in [0.25, 0.3) is 0 Å². The zero-order valence-corrected chi connectivity index (χ0v) is 49.2. The summed E-state index contributed by atoms with van der Waals surface area (Å²) >= 11 is 0. The fourth-order valence-corrected chi connectivity index (χ4v) is 8.28. The zero-order chi connectivity index (χ0) is 49.5. The number of carboxylic acid groups (broad SMARTS) is 3. The van der Waals surface area contributed by atoms with Crippen molar-refractivity contribution >= 4 is 43.8 Å². The standard InChI is InChI=1S/C18H36.3C14H28O2.In/c1-3-5-7-9-11-13-15-17-18-16-14-12-10-8-6-4-2;3*1-2-3-4-5-6-7-8-9-10-11-12-13-14(15)16;/h3H,1,4-18H2,2H3;3*2-13H2,1H3,(H,15,16);/q;;;;+3/p-3. The molecule has 0 aliphatic carbocycles. The van der Waals surface area contributed by atoms with Gasteiger partial charge in [0.2, 0.25) is 0 Å². The fourth-order valence-electron chi connectivity index (χ4n) is 8.28. The van der Waals surface area contributed by atoms with E-state index in [0.29, 0.717) is 0 Å². The number of carboxylic acids is 3.